The van der Waals surface area contributed by atoms with Crippen LogP contribution in [0.4, 0.5) is 5.69 Å². The molecule has 1 fully saturated rings. The summed E-state index contributed by atoms with van der Waals surface area (Å²) in [5.41, 5.74) is 4.50. The average molecular weight is 412 g/mol. The quantitative estimate of drug-likeness (QED) is 0.550. The number of nitrogens with one attached hydrogen (secondary N) is 1. The fourth-order valence-electron chi connectivity index (χ4n) is 3.22. The number of sulfonamides is 1. The summed E-state index contributed by atoms with van der Waals surface area (Å²) < 4.78 is 27.3. The molecule has 152 valence electrons. The van der Waals surface area contributed by atoms with Crippen molar-refractivity contribution < 1.29 is 13.2 Å². The molecule has 1 saturated carbocycles. The standard InChI is InChI=1S/C22H25N3O3S/c1-2-17-25(29(27,28)21-11-7-4-8-12-21)20-15-13-18(14-16-20)22(26)24-23-19-9-5-3-6-10-19/h2,4,7-8,11-16H,1,3,5-6,9-10,17H2,(H,24,26). The van der Waals surface area contributed by atoms with Gasteiger partial charge in [-0.3, -0.25) is 9.10 Å². The lowest BCUT2D eigenvalue weighted by molar-refractivity contribution is 0.0954. The van der Waals surface area contributed by atoms with Crippen LogP contribution in [0, 0.1) is 0 Å². The molecule has 0 saturated heterocycles. The molecule has 0 atom stereocenters. The minimum atomic E-state index is -3.73. The maximum absolute atomic E-state index is 13.0. The molecule has 7 heteroatoms. The van der Waals surface area contributed by atoms with Crippen LogP contribution in [0.3, 0.4) is 0 Å². The Morgan fingerprint density at radius 1 is 1.03 bits per heavy atom. The van der Waals surface area contributed by atoms with Gasteiger partial charge in [-0.15, -0.1) is 6.58 Å². The van der Waals surface area contributed by atoms with Gasteiger partial charge >= 0.3 is 0 Å². The molecule has 0 heterocycles. The van der Waals surface area contributed by atoms with Crippen LogP contribution in [-0.4, -0.2) is 26.6 Å². The minimum absolute atomic E-state index is 0.121. The number of hydrogen-bond donors (Lipinski definition) is 1. The van der Waals surface area contributed by atoms with Crippen molar-refractivity contribution >= 4 is 27.3 Å². The third-order valence-electron chi connectivity index (χ3n) is 4.79. The lowest BCUT2D eigenvalue weighted by Crippen LogP contribution is -2.31. The van der Waals surface area contributed by atoms with Crippen LogP contribution >= 0.6 is 0 Å². The van der Waals surface area contributed by atoms with Gasteiger partial charge in [0, 0.05) is 11.3 Å². The van der Waals surface area contributed by atoms with Gasteiger partial charge in [-0.2, -0.15) is 5.10 Å². The highest BCUT2D eigenvalue weighted by atomic mass is 32.2. The minimum Gasteiger partial charge on any atom is -0.267 e. The number of benzene rings is 2. The van der Waals surface area contributed by atoms with Crippen LogP contribution < -0.4 is 9.73 Å². The molecular formula is C22H25N3O3S. The summed E-state index contributed by atoms with van der Waals surface area (Å²) in [5.74, 6) is -0.309. The first-order valence-electron chi connectivity index (χ1n) is 9.67. The molecule has 0 bridgehead atoms. The Bertz CT molecular complexity index is 976. The Balaban J connectivity index is 1.77. The maximum atomic E-state index is 13.0. The van der Waals surface area contributed by atoms with E-state index in [1.165, 1.54) is 16.8 Å². The maximum Gasteiger partial charge on any atom is 0.271 e. The van der Waals surface area contributed by atoms with Crippen LogP contribution in [0.5, 0.6) is 0 Å². The van der Waals surface area contributed by atoms with Gasteiger partial charge in [0.1, 0.15) is 0 Å². The van der Waals surface area contributed by atoms with Crippen molar-refractivity contribution in [2.45, 2.75) is 37.0 Å². The Labute approximate surface area is 172 Å². The highest BCUT2D eigenvalue weighted by Crippen LogP contribution is 2.24. The summed E-state index contributed by atoms with van der Waals surface area (Å²) in [4.78, 5) is 12.5. The predicted molar refractivity (Wildman–Crippen MR) is 116 cm³/mol. The number of rotatable bonds is 7. The molecule has 3 rings (SSSR count). The van der Waals surface area contributed by atoms with E-state index in [-0.39, 0.29) is 17.3 Å². The molecule has 6 nitrogen and oxygen atoms in total. The van der Waals surface area contributed by atoms with E-state index in [9.17, 15) is 13.2 Å². The third kappa shape index (κ3) is 5.12. The van der Waals surface area contributed by atoms with E-state index in [4.69, 9.17) is 0 Å². The fourth-order valence-corrected chi connectivity index (χ4v) is 4.68. The molecule has 1 aliphatic carbocycles. The zero-order valence-electron chi connectivity index (χ0n) is 16.3. The third-order valence-corrected chi connectivity index (χ3v) is 6.60. The number of carbonyl (C=O) groups excluding carboxylic acids is 1. The van der Waals surface area contributed by atoms with Crippen molar-refractivity contribution in [2.75, 3.05) is 10.8 Å². The van der Waals surface area contributed by atoms with Crippen molar-refractivity contribution in [3.8, 4) is 0 Å². The average Bonchev–Trinajstić information content (AvgIpc) is 2.77. The van der Waals surface area contributed by atoms with Gasteiger partial charge in [-0.1, -0.05) is 30.7 Å². The molecular weight excluding hydrogens is 386 g/mol. The number of carbonyl (C=O) groups is 1. The topological polar surface area (TPSA) is 78.8 Å². The van der Waals surface area contributed by atoms with E-state index in [1.807, 2.05) is 0 Å². The second-order valence-electron chi connectivity index (χ2n) is 6.86. The predicted octanol–water partition coefficient (Wildman–Crippen LogP) is 4.12. The Kier molecular flexibility index (Phi) is 6.82. The number of anilines is 1. The first-order valence-corrected chi connectivity index (χ1v) is 11.1. The SMILES string of the molecule is C=CCN(c1ccc(C(=O)NN=C2CCCCC2)cc1)S(=O)(=O)c1ccccc1. The normalized spacial score (nSPS) is 14.1. The van der Waals surface area contributed by atoms with E-state index in [1.54, 1.807) is 54.6 Å². The number of hydrazone groups is 1. The Hall–Kier alpha value is -2.93. The highest BCUT2D eigenvalue weighted by molar-refractivity contribution is 7.92. The van der Waals surface area contributed by atoms with E-state index in [0.29, 0.717) is 11.3 Å². The molecule has 2 aromatic rings. The zero-order valence-corrected chi connectivity index (χ0v) is 17.1. The number of amides is 1. The molecule has 1 N–H and O–H groups in total. The van der Waals surface area contributed by atoms with Crippen molar-refractivity contribution in [3.05, 3.63) is 72.8 Å². The lowest BCUT2D eigenvalue weighted by atomic mass is 9.99. The van der Waals surface area contributed by atoms with Crippen molar-refractivity contribution in [3.63, 3.8) is 0 Å². The summed E-state index contributed by atoms with van der Waals surface area (Å²) in [6.07, 6.45) is 6.81. The van der Waals surface area contributed by atoms with Crippen LogP contribution in [0.1, 0.15) is 42.5 Å². The van der Waals surface area contributed by atoms with E-state index in [0.717, 1.165) is 31.4 Å². The van der Waals surface area contributed by atoms with Gasteiger partial charge in [0.25, 0.3) is 15.9 Å². The molecule has 0 aromatic heterocycles. The molecule has 0 radical (unpaired) electrons. The molecule has 0 unspecified atom stereocenters. The van der Waals surface area contributed by atoms with E-state index < -0.39 is 10.0 Å². The van der Waals surface area contributed by atoms with Gasteiger partial charge in [0.05, 0.1) is 17.1 Å². The number of nitrogens with zero attached hydrogens (tertiary/aromatic N) is 2. The molecule has 1 amide bonds. The van der Waals surface area contributed by atoms with Gasteiger partial charge in [-0.25, -0.2) is 13.8 Å². The van der Waals surface area contributed by atoms with Crippen LogP contribution in [0.25, 0.3) is 0 Å². The zero-order chi connectivity index (χ0) is 20.7. The van der Waals surface area contributed by atoms with Crippen LogP contribution in [0.2, 0.25) is 0 Å². The lowest BCUT2D eigenvalue weighted by Gasteiger charge is -2.23. The van der Waals surface area contributed by atoms with E-state index in [2.05, 4.69) is 17.1 Å². The first kappa shape index (κ1) is 20.8. The number of hydrogen-bond acceptors (Lipinski definition) is 4. The molecule has 1 aliphatic rings. The Morgan fingerprint density at radius 2 is 1.69 bits per heavy atom. The fraction of sp³-hybridized carbons (Fsp3) is 0.273. The molecule has 0 spiro atoms. The van der Waals surface area contributed by atoms with Gasteiger partial charge in [0.15, 0.2) is 0 Å². The largest absolute Gasteiger partial charge is 0.271 e. The van der Waals surface area contributed by atoms with Crippen LogP contribution in [0.15, 0.2) is 77.2 Å². The smallest absolute Gasteiger partial charge is 0.267 e. The van der Waals surface area contributed by atoms with E-state index >= 15 is 0 Å². The first-order chi connectivity index (χ1) is 14.0. The Morgan fingerprint density at radius 3 is 2.31 bits per heavy atom. The molecule has 29 heavy (non-hydrogen) atoms. The van der Waals surface area contributed by atoms with Crippen molar-refractivity contribution in [2.24, 2.45) is 5.10 Å². The monoisotopic (exact) mass is 411 g/mol. The second-order valence-corrected chi connectivity index (χ2v) is 8.73. The summed E-state index contributed by atoms with van der Waals surface area (Å²) in [7, 11) is -3.73. The van der Waals surface area contributed by atoms with Crippen LogP contribution in [-0.2, 0) is 10.0 Å². The van der Waals surface area contributed by atoms with Crippen molar-refractivity contribution in [1.82, 2.24) is 5.43 Å². The summed E-state index contributed by atoms with van der Waals surface area (Å²) in [6, 6.07) is 14.7. The summed E-state index contributed by atoms with van der Waals surface area (Å²) in [6.45, 7) is 3.78. The van der Waals surface area contributed by atoms with Gasteiger partial charge in [-0.05, 0) is 62.1 Å². The molecule has 2 aromatic carbocycles. The molecule has 0 aliphatic heterocycles. The van der Waals surface area contributed by atoms with Gasteiger partial charge < -0.3 is 0 Å². The van der Waals surface area contributed by atoms with Gasteiger partial charge in [0.2, 0.25) is 0 Å². The summed E-state index contributed by atoms with van der Waals surface area (Å²) in [5, 5.41) is 4.22. The highest BCUT2D eigenvalue weighted by Gasteiger charge is 2.24. The second kappa shape index (κ2) is 9.52. The van der Waals surface area contributed by atoms with Crippen molar-refractivity contribution in [1.29, 1.82) is 0 Å². The summed E-state index contributed by atoms with van der Waals surface area (Å²) >= 11 is 0.